The number of nitro benzene ring substituents is 1. The van der Waals surface area contributed by atoms with Crippen LogP contribution in [0.4, 0.5) is 5.69 Å². The maximum Gasteiger partial charge on any atom is 0.280 e. The van der Waals surface area contributed by atoms with E-state index in [0.29, 0.717) is 5.56 Å². The molecule has 2 aromatic heterocycles. The van der Waals surface area contributed by atoms with Gasteiger partial charge in [0.15, 0.2) is 0 Å². The molecule has 2 N–H and O–H groups in total. The molecule has 0 radical (unpaired) electrons. The Kier molecular flexibility index (Phi) is 6.27. The summed E-state index contributed by atoms with van der Waals surface area (Å²) in [5, 5.41) is 40.3. The van der Waals surface area contributed by atoms with Crippen molar-refractivity contribution >= 4 is 18.3 Å². The second kappa shape index (κ2) is 8.91. The van der Waals surface area contributed by atoms with Crippen molar-refractivity contribution in [2.45, 2.75) is 26.8 Å². The third kappa shape index (κ3) is 4.04. The summed E-state index contributed by atoms with van der Waals surface area (Å²) in [6.45, 7) is 7.17. The molecule has 0 saturated carbocycles. The number of aromatic hydroxyl groups is 1. The lowest BCUT2D eigenvalue weighted by molar-refractivity contribution is -0.384. The molecule has 9 heteroatoms. The predicted molar refractivity (Wildman–Crippen MR) is 117 cm³/mol. The Hall–Kier alpha value is -4.16. The van der Waals surface area contributed by atoms with E-state index in [1.54, 1.807) is 25.1 Å². The van der Waals surface area contributed by atoms with Crippen LogP contribution in [-0.4, -0.2) is 26.3 Å². The van der Waals surface area contributed by atoms with Crippen LogP contribution in [0.2, 0.25) is 0 Å². The zero-order valence-corrected chi connectivity index (χ0v) is 17.6. The number of pyridine rings is 1. The lowest BCUT2D eigenvalue weighted by Gasteiger charge is -2.09. The van der Waals surface area contributed by atoms with Crippen LogP contribution in [0, 0.1) is 35.3 Å². The predicted octanol–water partition coefficient (Wildman–Crippen LogP) is 1.83. The number of benzene rings is 1. The molecule has 0 unspecified atom stereocenters. The number of hydrogen-bond donors (Lipinski definition) is 2. The average molecular weight is 435 g/mol. The van der Waals surface area contributed by atoms with Crippen LogP contribution < -0.4 is 16.0 Å². The van der Waals surface area contributed by atoms with Crippen molar-refractivity contribution in [3.8, 4) is 23.3 Å². The molecule has 164 valence electrons. The van der Waals surface area contributed by atoms with E-state index >= 15 is 0 Å². The standard InChI is InChI=1S/C23H21N3O6/c1-13-9-18(20(26(30)31)10-14(13)2)21-6-5-16(32-21)11-17-15(3)19(12-24)23(29)25(22(17)28)7-4-8-27/h5-6,9-11,27,29H,3-4,7-8H2,1-2H3/b17-11-. The normalized spacial score (nSPS) is 11.5. The molecule has 0 aliphatic carbocycles. The first-order valence-corrected chi connectivity index (χ1v) is 9.72. The molecule has 3 rings (SSSR count). The first-order valence-electron chi connectivity index (χ1n) is 9.72. The molecule has 0 amide bonds. The summed E-state index contributed by atoms with van der Waals surface area (Å²) in [7, 11) is 0. The number of aryl methyl sites for hydroxylation is 2. The van der Waals surface area contributed by atoms with Crippen molar-refractivity contribution in [1.29, 1.82) is 5.26 Å². The highest BCUT2D eigenvalue weighted by Gasteiger charge is 2.20. The molecule has 2 heterocycles. The molecule has 0 fully saturated rings. The minimum absolute atomic E-state index is 0.00914. The van der Waals surface area contributed by atoms with Gasteiger partial charge >= 0.3 is 0 Å². The monoisotopic (exact) mass is 435 g/mol. The highest BCUT2D eigenvalue weighted by molar-refractivity contribution is 5.72. The van der Waals surface area contributed by atoms with E-state index in [1.807, 2.05) is 13.0 Å². The van der Waals surface area contributed by atoms with Crippen molar-refractivity contribution in [3.63, 3.8) is 0 Å². The first-order chi connectivity index (χ1) is 15.2. The molecular formula is C23H21N3O6. The molecule has 0 atom stereocenters. The molecule has 0 saturated heterocycles. The third-order valence-electron chi connectivity index (χ3n) is 5.22. The summed E-state index contributed by atoms with van der Waals surface area (Å²) in [6, 6.07) is 8.08. The van der Waals surface area contributed by atoms with Crippen LogP contribution in [0.1, 0.15) is 28.9 Å². The molecule has 32 heavy (non-hydrogen) atoms. The number of rotatable bonds is 6. The molecule has 9 nitrogen and oxygen atoms in total. The van der Waals surface area contributed by atoms with Gasteiger partial charge in [0.2, 0.25) is 5.88 Å². The van der Waals surface area contributed by atoms with E-state index in [4.69, 9.17) is 9.52 Å². The van der Waals surface area contributed by atoms with Gasteiger partial charge in [0.05, 0.1) is 15.7 Å². The van der Waals surface area contributed by atoms with Crippen LogP contribution in [0.25, 0.3) is 24.0 Å². The van der Waals surface area contributed by atoms with Gasteiger partial charge in [-0.3, -0.25) is 19.5 Å². The largest absolute Gasteiger partial charge is 0.493 e. The molecule has 0 aliphatic heterocycles. The van der Waals surface area contributed by atoms with Crippen molar-refractivity contribution < 1.29 is 19.6 Å². The number of nitriles is 1. The SMILES string of the molecule is C=c1c(C#N)c(O)n(CCCO)c(=O)/c1=C\c1ccc(-c2cc(C)c(C)cc2[N+](=O)[O-])o1. The molecule has 1 aromatic carbocycles. The van der Waals surface area contributed by atoms with Gasteiger partial charge in [-0.1, -0.05) is 6.58 Å². The number of furan rings is 1. The van der Waals surface area contributed by atoms with Gasteiger partial charge in [0.25, 0.3) is 11.2 Å². The Morgan fingerprint density at radius 3 is 2.62 bits per heavy atom. The van der Waals surface area contributed by atoms with Crippen molar-refractivity contribution in [1.82, 2.24) is 4.57 Å². The number of aliphatic hydroxyl groups is 1. The Bertz CT molecular complexity index is 1430. The zero-order chi connectivity index (χ0) is 23.6. The lowest BCUT2D eigenvalue weighted by atomic mass is 10.0. The van der Waals surface area contributed by atoms with E-state index < -0.39 is 16.4 Å². The van der Waals surface area contributed by atoms with E-state index in [-0.39, 0.29) is 52.8 Å². The molecule has 0 spiro atoms. The topological polar surface area (TPSA) is 143 Å². The molecule has 3 aromatic rings. The van der Waals surface area contributed by atoms with Gasteiger partial charge in [0, 0.05) is 24.4 Å². The van der Waals surface area contributed by atoms with Crippen LogP contribution in [0.15, 0.2) is 33.5 Å². The fourth-order valence-corrected chi connectivity index (χ4v) is 3.34. The minimum atomic E-state index is -0.602. The Balaban J connectivity index is 2.21. The van der Waals surface area contributed by atoms with Gasteiger partial charge in [-0.05, 0) is 55.7 Å². The Labute approximate surface area is 182 Å². The van der Waals surface area contributed by atoms with Gasteiger partial charge in [0.1, 0.15) is 23.2 Å². The van der Waals surface area contributed by atoms with Gasteiger partial charge in [-0.2, -0.15) is 5.26 Å². The number of hydrogen-bond acceptors (Lipinski definition) is 7. The van der Waals surface area contributed by atoms with Crippen LogP contribution in [-0.2, 0) is 6.54 Å². The third-order valence-corrected chi connectivity index (χ3v) is 5.22. The maximum atomic E-state index is 12.9. The highest BCUT2D eigenvalue weighted by Crippen LogP contribution is 2.33. The summed E-state index contributed by atoms with van der Waals surface area (Å²) in [5.74, 6) is -0.0478. The second-order valence-electron chi connectivity index (χ2n) is 7.29. The Morgan fingerprint density at radius 1 is 1.31 bits per heavy atom. The van der Waals surface area contributed by atoms with Gasteiger partial charge in [-0.25, -0.2) is 0 Å². The quantitative estimate of drug-likeness (QED) is 0.444. The summed E-state index contributed by atoms with van der Waals surface area (Å²) in [4.78, 5) is 23.9. The fraction of sp³-hybridized carbons (Fsp3) is 0.217. The van der Waals surface area contributed by atoms with Crippen molar-refractivity contribution in [2.75, 3.05) is 6.61 Å². The maximum absolute atomic E-state index is 12.9. The van der Waals surface area contributed by atoms with Crippen molar-refractivity contribution in [2.24, 2.45) is 0 Å². The average Bonchev–Trinajstić information content (AvgIpc) is 3.21. The smallest absolute Gasteiger partial charge is 0.280 e. The summed E-state index contributed by atoms with van der Waals surface area (Å²) in [6.07, 6.45) is 1.58. The second-order valence-corrected chi connectivity index (χ2v) is 7.29. The fourth-order valence-electron chi connectivity index (χ4n) is 3.34. The zero-order valence-electron chi connectivity index (χ0n) is 17.6. The first kappa shape index (κ1) is 22.5. The number of nitro groups is 1. The lowest BCUT2D eigenvalue weighted by Crippen LogP contribution is -2.46. The molecule has 0 bridgehead atoms. The summed E-state index contributed by atoms with van der Waals surface area (Å²) < 4.78 is 6.77. The van der Waals surface area contributed by atoms with Gasteiger partial charge in [-0.15, -0.1) is 0 Å². The number of aromatic nitrogens is 1. The van der Waals surface area contributed by atoms with E-state index in [1.165, 1.54) is 12.1 Å². The van der Waals surface area contributed by atoms with Crippen LogP contribution in [0.3, 0.4) is 0 Å². The van der Waals surface area contributed by atoms with Crippen LogP contribution in [0.5, 0.6) is 5.88 Å². The van der Waals surface area contributed by atoms with E-state index in [2.05, 4.69) is 6.58 Å². The van der Waals surface area contributed by atoms with E-state index in [9.17, 15) is 25.3 Å². The molecule has 0 aliphatic rings. The Morgan fingerprint density at radius 2 is 2.00 bits per heavy atom. The minimum Gasteiger partial charge on any atom is -0.493 e. The molecular weight excluding hydrogens is 414 g/mol. The summed E-state index contributed by atoms with van der Waals surface area (Å²) in [5.41, 5.74) is 1.07. The van der Waals surface area contributed by atoms with E-state index in [0.717, 1.165) is 15.7 Å². The van der Waals surface area contributed by atoms with Gasteiger partial charge < -0.3 is 14.6 Å². The number of aliphatic hydroxyl groups excluding tert-OH is 1. The number of nitrogens with zero attached hydrogens (tertiary/aromatic N) is 3. The van der Waals surface area contributed by atoms with Crippen molar-refractivity contribution in [3.05, 3.63) is 77.6 Å². The highest BCUT2D eigenvalue weighted by atomic mass is 16.6. The van der Waals surface area contributed by atoms with Crippen LogP contribution >= 0.6 is 0 Å². The summed E-state index contributed by atoms with van der Waals surface area (Å²) >= 11 is 0.